The molecule has 1 fully saturated rings. The largest absolute Gasteiger partial charge is 0.480 e. The molecule has 0 saturated carbocycles. The topological polar surface area (TPSA) is 116 Å². The van der Waals surface area contributed by atoms with E-state index in [4.69, 9.17) is 5.11 Å². The SMILES string of the molecule is CC(C)c1ccc(S(=O)(=O)N2CC[C@@H](NCC(=O)O)C[C@@H]2C(=O)NCc2ccc(C(F)(F)F)cc2)cc1. The monoisotopic (exact) mass is 541 g/mol. The minimum absolute atomic E-state index is 0.0100. The minimum atomic E-state index is -4.48. The van der Waals surface area contributed by atoms with E-state index in [1.165, 1.54) is 24.3 Å². The smallest absolute Gasteiger partial charge is 0.416 e. The molecule has 2 aromatic rings. The van der Waals surface area contributed by atoms with Gasteiger partial charge in [0, 0.05) is 19.1 Å². The van der Waals surface area contributed by atoms with Gasteiger partial charge in [-0.15, -0.1) is 0 Å². The van der Waals surface area contributed by atoms with Gasteiger partial charge in [-0.25, -0.2) is 8.42 Å². The number of piperidine rings is 1. The van der Waals surface area contributed by atoms with Gasteiger partial charge in [-0.1, -0.05) is 38.1 Å². The van der Waals surface area contributed by atoms with E-state index < -0.39 is 45.7 Å². The number of carbonyl (C=O) groups excluding carboxylic acids is 1. The van der Waals surface area contributed by atoms with Crippen molar-refractivity contribution in [1.29, 1.82) is 0 Å². The molecular weight excluding hydrogens is 511 g/mol. The van der Waals surface area contributed by atoms with Gasteiger partial charge in [0.25, 0.3) is 0 Å². The maximum atomic E-state index is 13.5. The molecule has 1 aliphatic rings. The molecule has 0 spiro atoms. The van der Waals surface area contributed by atoms with E-state index in [0.29, 0.717) is 12.0 Å². The number of carbonyl (C=O) groups is 2. The molecule has 3 N–H and O–H groups in total. The number of benzene rings is 2. The molecule has 1 amide bonds. The first-order valence-electron chi connectivity index (χ1n) is 11.8. The van der Waals surface area contributed by atoms with Crippen LogP contribution in [0, 0.1) is 0 Å². The molecule has 0 aromatic heterocycles. The summed E-state index contributed by atoms with van der Waals surface area (Å²) in [7, 11) is -4.05. The molecule has 0 radical (unpaired) electrons. The molecule has 3 rings (SSSR count). The number of aliphatic carboxylic acids is 1. The zero-order chi connectivity index (χ0) is 27.4. The average molecular weight is 542 g/mol. The maximum absolute atomic E-state index is 13.5. The van der Waals surface area contributed by atoms with E-state index in [9.17, 15) is 31.2 Å². The van der Waals surface area contributed by atoms with E-state index in [1.807, 2.05) is 13.8 Å². The Bertz CT molecular complexity index is 1200. The Kier molecular flexibility index (Phi) is 8.98. The van der Waals surface area contributed by atoms with Gasteiger partial charge in [-0.3, -0.25) is 9.59 Å². The minimum Gasteiger partial charge on any atom is -0.480 e. The molecule has 8 nitrogen and oxygen atoms in total. The average Bonchev–Trinajstić information content (AvgIpc) is 2.85. The molecular formula is C25H30F3N3O5S. The van der Waals surface area contributed by atoms with Crippen molar-refractivity contribution in [3.63, 3.8) is 0 Å². The van der Waals surface area contributed by atoms with Gasteiger partial charge in [0.1, 0.15) is 6.04 Å². The first kappa shape index (κ1) is 28.6. The Balaban J connectivity index is 1.80. The van der Waals surface area contributed by atoms with Crippen LogP contribution in [0.25, 0.3) is 0 Å². The van der Waals surface area contributed by atoms with Gasteiger partial charge < -0.3 is 15.7 Å². The highest BCUT2D eigenvalue weighted by molar-refractivity contribution is 7.89. The highest BCUT2D eigenvalue weighted by Gasteiger charge is 2.40. The Hall–Kier alpha value is -2.96. The van der Waals surface area contributed by atoms with Crippen molar-refractivity contribution in [1.82, 2.24) is 14.9 Å². The maximum Gasteiger partial charge on any atom is 0.416 e. The standard InChI is InChI=1S/C25H30F3N3O5S/c1-16(2)18-5-9-21(10-6-18)37(35,36)31-12-11-20(29-15-23(32)33)13-22(31)24(34)30-14-17-3-7-19(8-4-17)25(26,27)28/h3-10,16,20,22,29H,11-15H2,1-2H3,(H,30,34)(H,32,33)/t20-,22-/m1/s1. The van der Waals surface area contributed by atoms with Crippen LogP contribution in [0.3, 0.4) is 0 Å². The van der Waals surface area contributed by atoms with Crippen LogP contribution in [0.2, 0.25) is 0 Å². The molecule has 0 aliphatic carbocycles. The van der Waals surface area contributed by atoms with E-state index in [0.717, 1.165) is 22.0 Å². The fourth-order valence-corrected chi connectivity index (χ4v) is 5.78. The highest BCUT2D eigenvalue weighted by atomic mass is 32.2. The van der Waals surface area contributed by atoms with Crippen LogP contribution in [0.15, 0.2) is 53.4 Å². The van der Waals surface area contributed by atoms with Crippen molar-refractivity contribution in [2.24, 2.45) is 0 Å². The van der Waals surface area contributed by atoms with Crippen molar-refractivity contribution in [2.45, 2.75) is 62.3 Å². The molecule has 0 unspecified atom stereocenters. The number of nitrogens with zero attached hydrogens (tertiary/aromatic N) is 1. The number of carboxylic acid groups (broad SMARTS) is 1. The van der Waals surface area contributed by atoms with Crippen molar-refractivity contribution in [3.05, 3.63) is 65.2 Å². The first-order chi connectivity index (χ1) is 17.3. The zero-order valence-electron chi connectivity index (χ0n) is 20.5. The third kappa shape index (κ3) is 7.30. The fraction of sp³-hybridized carbons (Fsp3) is 0.440. The van der Waals surface area contributed by atoms with E-state index in [-0.39, 0.29) is 36.9 Å². The molecule has 1 aliphatic heterocycles. The number of hydrogen-bond acceptors (Lipinski definition) is 5. The van der Waals surface area contributed by atoms with Gasteiger partial charge >= 0.3 is 12.1 Å². The number of nitrogens with one attached hydrogen (secondary N) is 2. The van der Waals surface area contributed by atoms with Gasteiger partial charge in [-0.05, 0) is 54.2 Å². The fourth-order valence-electron chi connectivity index (χ4n) is 4.17. The Morgan fingerprint density at radius 3 is 2.24 bits per heavy atom. The normalized spacial score (nSPS) is 19.1. The van der Waals surface area contributed by atoms with Crippen molar-refractivity contribution in [3.8, 4) is 0 Å². The summed E-state index contributed by atoms with van der Waals surface area (Å²) < 4.78 is 66.5. The second-order valence-electron chi connectivity index (χ2n) is 9.26. The predicted octanol–water partition coefficient (Wildman–Crippen LogP) is 3.34. The Labute approximate surface area is 213 Å². The Morgan fingerprint density at radius 2 is 1.70 bits per heavy atom. The van der Waals surface area contributed by atoms with Crippen molar-refractivity contribution in [2.75, 3.05) is 13.1 Å². The lowest BCUT2D eigenvalue weighted by atomic mass is 9.98. The number of carboxylic acids is 1. The number of halogens is 3. The molecule has 1 saturated heterocycles. The van der Waals surface area contributed by atoms with Gasteiger partial charge in [0.15, 0.2) is 0 Å². The number of amides is 1. The van der Waals surface area contributed by atoms with Crippen LogP contribution in [0.5, 0.6) is 0 Å². The number of rotatable bonds is 9. The van der Waals surface area contributed by atoms with Crippen molar-refractivity contribution < 1.29 is 36.3 Å². The van der Waals surface area contributed by atoms with E-state index >= 15 is 0 Å². The summed E-state index contributed by atoms with van der Waals surface area (Å²) in [5.74, 6) is -1.50. The van der Waals surface area contributed by atoms with Crippen molar-refractivity contribution >= 4 is 21.9 Å². The third-order valence-corrected chi connectivity index (χ3v) is 8.22. The number of sulfonamides is 1. The molecule has 2 atom stereocenters. The second-order valence-corrected chi connectivity index (χ2v) is 11.2. The molecule has 37 heavy (non-hydrogen) atoms. The molecule has 0 bridgehead atoms. The quantitative estimate of drug-likeness (QED) is 0.449. The van der Waals surface area contributed by atoms with E-state index in [2.05, 4.69) is 10.6 Å². The molecule has 12 heteroatoms. The highest BCUT2D eigenvalue weighted by Crippen LogP contribution is 2.30. The zero-order valence-corrected chi connectivity index (χ0v) is 21.3. The lowest BCUT2D eigenvalue weighted by molar-refractivity contribution is -0.138. The van der Waals surface area contributed by atoms with Crippen LogP contribution in [-0.4, -0.2) is 54.9 Å². The number of alkyl halides is 3. The number of hydrogen-bond donors (Lipinski definition) is 3. The first-order valence-corrected chi connectivity index (χ1v) is 13.2. The van der Waals surface area contributed by atoms with Crippen LogP contribution in [0.4, 0.5) is 13.2 Å². The van der Waals surface area contributed by atoms with Crippen LogP contribution < -0.4 is 10.6 Å². The Morgan fingerprint density at radius 1 is 1.08 bits per heavy atom. The predicted molar refractivity (Wildman–Crippen MR) is 130 cm³/mol. The second kappa shape index (κ2) is 11.6. The van der Waals surface area contributed by atoms with Gasteiger partial charge in [0.2, 0.25) is 15.9 Å². The van der Waals surface area contributed by atoms with Gasteiger partial charge in [-0.2, -0.15) is 17.5 Å². The summed E-state index contributed by atoms with van der Waals surface area (Å²) in [6.07, 6.45) is -4.14. The summed E-state index contributed by atoms with van der Waals surface area (Å²) in [5, 5.41) is 14.4. The molecule has 2 aromatic carbocycles. The molecule has 202 valence electrons. The summed E-state index contributed by atoms with van der Waals surface area (Å²) in [5.41, 5.74) is 0.556. The van der Waals surface area contributed by atoms with Crippen LogP contribution in [-0.2, 0) is 32.3 Å². The summed E-state index contributed by atoms with van der Waals surface area (Å²) in [4.78, 5) is 24.2. The van der Waals surface area contributed by atoms with E-state index in [1.54, 1.807) is 12.1 Å². The summed E-state index contributed by atoms with van der Waals surface area (Å²) >= 11 is 0. The van der Waals surface area contributed by atoms with Crippen LogP contribution in [0.1, 0.15) is 49.3 Å². The van der Waals surface area contributed by atoms with Gasteiger partial charge in [0.05, 0.1) is 17.0 Å². The summed E-state index contributed by atoms with van der Waals surface area (Å²) in [6, 6.07) is 9.19. The lowest BCUT2D eigenvalue weighted by Gasteiger charge is -2.37. The summed E-state index contributed by atoms with van der Waals surface area (Å²) in [6.45, 7) is 3.51. The third-order valence-electron chi connectivity index (χ3n) is 6.30. The van der Waals surface area contributed by atoms with Crippen LogP contribution >= 0.6 is 0 Å². The molecule has 1 heterocycles. The lowest BCUT2D eigenvalue weighted by Crippen LogP contribution is -2.56.